The quantitative estimate of drug-likeness (QED) is 0.776. The molecule has 0 N–H and O–H groups in total. The van der Waals surface area contributed by atoms with E-state index in [1.807, 2.05) is 0 Å². The summed E-state index contributed by atoms with van der Waals surface area (Å²) in [6, 6.07) is 3.45. The lowest BCUT2D eigenvalue weighted by atomic mass is 9.91. The standard InChI is InChI=1S/C14H19ClO2S2/c1-9-4-3-5-11(8-9)19(17)10(2)14(16)12-6-7-13(15)18-12/h6-7,9-11H,3-5,8H2,1-2H3. The molecule has 4 unspecified atom stereocenters. The van der Waals surface area contributed by atoms with Crippen LogP contribution in [0.4, 0.5) is 0 Å². The Morgan fingerprint density at radius 1 is 1.47 bits per heavy atom. The molecule has 4 atom stereocenters. The minimum absolute atomic E-state index is 0.0338. The van der Waals surface area contributed by atoms with Gasteiger partial charge in [0.25, 0.3) is 0 Å². The molecule has 1 saturated carbocycles. The highest BCUT2D eigenvalue weighted by Gasteiger charge is 2.31. The van der Waals surface area contributed by atoms with Crippen molar-refractivity contribution >= 4 is 39.5 Å². The number of hydrogen-bond acceptors (Lipinski definition) is 3. The number of halogens is 1. The Hall–Kier alpha value is -0.190. The third-order valence-electron chi connectivity index (χ3n) is 3.75. The van der Waals surface area contributed by atoms with Gasteiger partial charge in [0.05, 0.1) is 14.5 Å². The molecule has 0 aliphatic heterocycles. The van der Waals surface area contributed by atoms with E-state index >= 15 is 0 Å². The maximum Gasteiger partial charge on any atom is 0.188 e. The minimum atomic E-state index is -1.08. The molecule has 1 aromatic heterocycles. The normalized spacial score (nSPS) is 26.9. The first kappa shape index (κ1) is 15.2. The van der Waals surface area contributed by atoms with E-state index < -0.39 is 16.0 Å². The van der Waals surface area contributed by atoms with Gasteiger partial charge in [0.2, 0.25) is 0 Å². The van der Waals surface area contributed by atoms with E-state index in [4.69, 9.17) is 11.6 Å². The lowest BCUT2D eigenvalue weighted by molar-refractivity contribution is 0.0996. The second-order valence-corrected chi connectivity index (χ2v) is 9.08. The zero-order valence-corrected chi connectivity index (χ0v) is 13.6. The van der Waals surface area contributed by atoms with Crippen LogP contribution < -0.4 is 0 Å². The Kier molecular flexibility index (Phi) is 5.21. The van der Waals surface area contributed by atoms with Gasteiger partial charge in [-0.3, -0.25) is 9.00 Å². The van der Waals surface area contributed by atoms with Crippen LogP contribution in [0.15, 0.2) is 12.1 Å². The average molecular weight is 319 g/mol. The predicted octanol–water partition coefficient (Wildman–Crippen LogP) is 4.30. The molecule has 106 valence electrons. The summed E-state index contributed by atoms with van der Waals surface area (Å²) in [7, 11) is -1.08. The van der Waals surface area contributed by atoms with Gasteiger partial charge in [0, 0.05) is 16.0 Å². The molecule has 0 amide bonds. The first-order valence-corrected chi connectivity index (χ1v) is 9.15. The van der Waals surface area contributed by atoms with Crippen molar-refractivity contribution in [3.8, 4) is 0 Å². The van der Waals surface area contributed by atoms with Crippen LogP contribution in [0.5, 0.6) is 0 Å². The van der Waals surface area contributed by atoms with Crippen molar-refractivity contribution in [3.05, 3.63) is 21.3 Å². The second-order valence-electron chi connectivity index (χ2n) is 5.33. The lowest BCUT2D eigenvalue weighted by Crippen LogP contribution is -2.33. The maximum atomic E-state index is 12.5. The summed E-state index contributed by atoms with van der Waals surface area (Å²) in [5, 5.41) is -0.247. The van der Waals surface area contributed by atoms with E-state index in [1.165, 1.54) is 17.8 Å². The van der Waals surface area contributed by atoms with Crippen molar-refractivity contribution in [2.45, 2.75) is 50.0 Å². The zero-order chi connectivity index (χ0) is 14.0. The SMILES string of the molecule is CC1CCCC(S(=O)C(C)C(=O)c2ccc(Cl)s2)C1. The summed E-state index contributed by atoms with van der Waals surface area (Å²) < 4.78 is 13.1. The van der Waals surface area contributed by atoms with Crippen LogP contribution in [0.25, 0.3) is 0 Å². The molecule has 1 heterocycles. The number of carbonyl (C=O) groups is 1. The van der Waals surface area contributed by atoms with Crippen molar-refractivity contribution in [1.82, 2.24) is 0 Å². The number of thiophene rings is 1. The van der Waals surface area contributed by atoms with E-state index in [0.29, 0.717) is 15.1 Å². The van der Waals surface area contributed by atoms with Gasteiger partial charge in [-0.25, -0.2) is 0 Å². The molecule has 2 rings (SSSR count). The number of Topliss-reactive ketones (excluding diaryl/α,β-unsaturated/α-hetero) is 1. The fourth-order valence-corrected chi connectivity index (χ4v) is 5.61. The fraction of sp³-hybridized carbons (Fsp3) is 0.643. The second kappa shape index (κ2) is 6.51. The smallest absolute Gasteiger partial charge is 0.188 e. The monoisotopic (exact) mass is 318 g/mol. The van der Waals surface area contributed by atoms with Gasteiger partial charge in [0.1, 0.15) is 0 Å². The van der Waals surface area contributed by atoms with Crippen molar-refractivity contribution in [2.75, 3.05) is 0 Å². The molecule has 0 spiro atoms. The molecular formula is C14H19ClO2S2. The van der Waals surface area contributed by atoms with Crippen LogP contribution in [0.2, 0.25) is 4.34 Å². The van der Waals surface area contributed by atoms with Crippen molar-refractivity contribution in [1.29, 1.82) is 0 Å². The molecule has 1 fully saturated rings. The zero-order valence-electron chi connectivity index (χ0n) is 11.2. The molecule has 2 nitrogen and oxygen atoms in total. The van der Waals surface area contributed by atoms with Crippen molar-refractivity contribution in [2.24, 2.45) is 5.92 Å². The van der Waals surface area contributed by atoms with E-state index in [2.05, 4.69) is 6.92 Å². The number of hydrogen-bond donors (Lipinski definition) is 0. The third kappa shape index (κ3) is 3.67. The Labute approximate surface area is 126 Å². The van der Waals surface area contributed by atoms with Crippen LogP contribution in [-0.2, 0) is 10.8 Å². The van der Waals surface area contributed by atoms with Crippen LogP contribution >= 0.6 is 22.9 Å². The van der Waals surface area contributed by atoms with Gasteiger partial charge in [0.15, 0.2) is 5.78 Å². The number of carbonyl (C=O) groups excluding carboxylic acids is 1. The molecule has 1 aliphatic rings. The third-order valence-corrected chi connectivity index (χ3v) is 6.99. The number of rotatable bonds is 4. The van der Waals surface area contributed by atoms with Gasteiger partial charge in [-0.1, -0.05) is 31.4 Å². The van der Waals surface area contributed by atoms with Gasteiger partial charge in [-0.15, -0.1) is 11.3 Å². The summed E-state index contributed by atoms with van der Waals surface area (Å²) in [4.78, 5) is 12.9. The molecule has 0 radical (unpaired) electrons. The van der Waals surface area contributed by atoms with Gasteiger partial charge in [-0.05, 0) is 37.8 Å². The Morgan fingerprint density at radius 2 is 2.21 bits per heavy atom. The molecular weight excluding hydrogens is 300 g/mol. The van der Waals surface area contributed by atoms with E-state index in [-0.39, 0.29) is 11.0 Å². The molecule has 1 aliphatic carbocycles. The Bertz CT molecular complexity index is 484. The molecule has 0 bridgehead atoms. The maximum absolute atomic E-state index is 12.5. The molecule has 0 saturated heterocycles. The largest absolute Gasteiger partial charge is 0.292 e. The molecule has 5 heteroatoms. The highest BCUT2D eigenvalue weighted by Crippen LogP contribution is 2.30. The number of ketones is 1. The minimum Gasteiger partial charge on any atom is -0.292 e. The summed E-state index contributed by atoms with van der Waals surface area (Å²) >= 11 is 7.12. The summed E-state index contributed by atoms with van der Waals surface area (Å²) in [5.41, 5.74) is 0. The van der Waals surface area contributed by atoms with Crippen molar-refractivity contribution in [3.63, 3.8) is 0 Å². The van der Waals surface area contributed by atoms with Crippen LogP contribution in [0.1, 0.15) is 49.2 Å². The molecule has 0 aromatic carbocycles. The van der Waals surface area contributed by atoms with Crippen molar-refractivity contribution < 1.29 is 9.00 Å². The summed E-state index contributed by atoms with van der Waals surface area (Å²) in [5.74, 6) is 0.592. The van der Waals surface area contributed by atoms with Crippen LogP contribution in [-0.4, -0.2) is 20.5 Å². The Morgan fingerprint density at radius 3 is 2.79 bits per heavy atom. The average Bonchev–Trinajstić information content (AvgIpc) is 2.83. The van der Waals surface area contributed by atoms with Gasteiger partial charge in [-0.2, -0.15) is 0 Å². The lowest BCUT2D eigenvalue weighted by Gasteiger charge is -2.27. The van der Waals surface area contributed by atoms with Gasteiger partial charge >= 0.3 is 0 Å². The fourth-order valence-electron chi connectivity index (χ4n) is 2.63. The summed E-state index contributed by atoms with van der Waals surface area (Å²) in [6.07, 6.45) is 4.31. The van der Waals surface area contributed by atoms with E-state index in [9.17, 15) is 9.00 Å². The first-order valence-electron chi connectivity index (χ1n) is 6.68. The predicted molar refractivity (Wildman–Crippen MR) is 82.7 cm³/mol. The highest BCUT2D eigenvalue weighted by atomic mass is 35.5. The highest BCUT2D eigenvalue weighted by molar-refractivity contribution is 7.87. The first-order chi connectivity index (χ1) is 8.99. The topological polar surface area (TPSA) is 34.1 Å². The van der Waals surface area contributed by atoms with Crippen LogP contribution in [0, 0.1) is 5.92 Å². The van der Waals surface area contributed by atoms with Gasteiger partial charge < -0.3 is 0 Å². The van der Waals surface area contributed by atoms with Crippen LogP contribution in [0.3, 0.4) is 0 Å². The summed E-state index contributed by atoms with van der Waals surface area (Å²) in [6.45, 7) is 3.99. The Balaban J connectivity index is 2.04. The molecule has 1 aromatic rings. The van der Waals surface area contributed by atoms with E-state index in [1.54, 1.807) is 19.1 Å². The molecule has 19 heavy (non-hydrogen) atoms. The van der Waals surface area contributed by atoms with E-state index in [0.717, 1.165) is 19.3 Å².